The summed E-state index contributed by atoms with van der Waals surface area (Å²) in [4.78, 5) is 23.1. The zero-order valence-electron chi connectivity index (χ0n) is 14.6. The molecule has 2 heterocycles. The molecule has 3 aromatic rings. The fourth-order valence-corrected chi connectivity index (χ4v) is 2.73. The molecule has 2 aromatic heterocycles. The number of hydrogen-bond donors (Lipinski definition) is 2. The van der Waals surface area contributed by atoms with Gasteiger partial charge in [-0.05, 0) is 37.2 Å². The number of para-hydroxylation sites is 1. The largest absolute Gasteiger partial charge is 0.374 e. The van der Waals surface area contributed by atoms with Crippen LogP contribution in [0.25, 0.3) is 10.9 Å². The molecule has 1 aromatic carbocycles. The van der Waals surface area contributed by atoms with Crippen LogP contribution in [-0.4, -0.2) is 36.0 Å². The molecule has 0 saturated heterocycles. The summed E-state index contributed by atoms with van der Waals surface area (Å²) in [5.41, 5.74) is 8.47. The van der Waals surface area contributed by atoms with Gasteiger partial charge in [-0.2, -0.15) is 0 Å². The summed E-state index contributed by atoms with van der Waals surface area (Å²) in [5, 5.41) is 3.89. The normalized spacial score (nSPS) is 10.2. The number of nitrogens with two attached hydrogens (primary N) is 1. The monoisotopic (exact) mass is 371 g/mol. The van der Waals surface area contributed by atoms with Gasteiger partial charge in [0.1, 0.15) is 5.69 Å². The maximum atomic E-state index is 12.4. The van der Waals surface area contributed by atoms with Gasteiger partial charge in [0.2, 0.25) is 0 Å². The second-order valence-electron chi connectivity index (χ2n) is 5.76. The van der Waals surface area contributed by atoms with Crippen LogP contribution >= 0.6 is 12.4 Å². The van der Waals surface area contributed by atoms with Crippen LogP contribution in [0.3, 0.4) is 0 Å². The molecule has 136 valence electrons. The molecule has 26 heavy (non-hydrogen) atoms. The third-order valence-electron chi connectivity index (χ3n) is 4.00. The molecule has 3 N–H and O–H groups in total. The third kappa shape index (κ3) is 4.28. The Morgan fingerprint density at radius 1 is 1.12 bits per heavy atom. The number of carbonyl (C=O) groups excluding carboxylic acids is 1. The first-order valence-electron chi connectivity index (χ1n) is 8.22. The van der Waals surface area contributed by atoms with Gasteiger partial charge in [-0.15, -0.1) is 12.4 Å². The van der Waals surface area contributed by atoms with Gasteiger partial charge in [-0.3, -0.25) is 14.8 Å². The van der Waals surface area contributed by atoms with Gasteiger partial charge in [0.15, 0.2) is 0 Å². The SMILES string of the molecule is CN(CCCN)c1ccnc2c(NC(=O)c3ccccn3)cccc12.Cl. The van der Waals surface area contributed by atoms with Crippen molar-refractivity contribution in [3.63, 3.8) is 0 Å². The summed E-state index contributed by atoms with van der Waals surface area (Å²) in [6, 6.07) is 13.0. The molecule has 0 atom stereocenters. The first-order chi connectivity index (χ1) is 12.2. The predicted octanol–water partition coefficient (Wildman–Crippen LogP) is 3.09. The van der Waals surface area contributed by atoms with Crippen molar-refractivity contribution in [2.75, 3.05) is 30.4 Å². The number of hydrogen-bond acceptors (Lipinski definition) is 5. The van der Waals surface area contributed by atoms with Crippen LogP contribution in [0.15, 0.2) is 54.9 Å². The summed E-state index contributed by atoms with van der Waals surface area (Å²) in [6.45, 7) is 1.51. The standard InChI is InChI=1S/C19H21N5O.ClH/c1-24(13-5-10-20)17-9-12-22-18-14(17)6-4-8-15(18)23-19(25)16-7-2-3-11-21-16;/h2-4,6-9,11-12H,5,10,13,20H2,1H3,(H,23,25);1H. The van der Waals surface area contributed by atoms with E-state index >= 15 is 0 Å². The van der Waals surface area contributed by atoms with E-state index in [2.05, 4.69) is 20.2 Å². The van der Waals surface area contributed by atoms with E-state index in [1.807, 2.05) is 31.3 Å². The minimum atomic E-state index is -0.253. The average Bonchev–Trinajstić information content (AvgIpc) is 2.66. The second-order valence-corrected chi connectivity index (χ2v) is 5.76. The van der Waals surface area contributed by atoms with Crippen molar-refractivity contribution in [2.45, 2.75) is 6.42 Å². The molecule has 1 amide bonds. The van der Waals surface area contributed by atoms with Crippen LogP contribution in [0, 0.1) is 0 Å². The minimum absolute atomic E-state index is 0. The number of carbonyl (C=O) groups is 1. The van der Waals surface area contributed by atoms with Gasteiger partial charge in [0.05, 0.1) is 11.2 Å². The van der Waals surface area contributed by atoms with E-state index in [9.17, 15) is 4.79 Å². The zero-order chi connectivity index (χ0) is 17.6. The molecular weight excluding hydrogens is 350 g/mol. The molecule has 0 fully saturated rings. The van der Waals surface area contributed by atoms with E-state index in [1.165, 1.54) is 0 Å². The van der Waals surface area contributed by atoms with Crippen molar-refractivity contribution in [1.29, 1.82) is 0 Å². The number of benzene rings is 1. The number of fused-ring (bicyclic) bond motifs is 1. The smallest absolute Gasteiger partial charge is 0.274 e. The Balaban J connectivity index is 0.00000243. The van der Waals surface area contributed by atoms with Crippen LogP contribution in [-0.2, 0) is 0 Å². The number of rotatable bonds is 6. The van der Waals surface area contributed by atoms with Gasteiger partial charge >= 0.3 is 0 Å². The van der Waals surface area contributed by atoms with Crippen molar-refractivity contribution in [1.82, 2.24) is 9.97 Å². The molecule has 0 radical (unpaired) electrons. The van der Waals surface area contributed by atoms with Gasteiger partial charge in [0, 0.05) is 37.1 Å². The molecule has 7 heteroatoms. The van der Waals surface area contributed by atoms with Gasteiger partial charge in [-0.25, -0.2) is 0 Å². The van der Waals surface area contributed by atoms with Crippen LogP contribution in [0.5, 0.6) is 0 Å². The quantitative estimate of drug-likeness (QED) is 0.695. The Bertz CT molecular complexity index is 872. The van der Waals surface area contributed by atoms with Crippen molar-refractivity contribution >= 4 is 40.6 Å². The van der Waals surface area contributed by atoms with Crippen LogP contribution in [0.2, 0.25) is 0 Å². The van der Waals surface area contributed by atoms with E-state index in [0.717, 1.165) is 29.6 Å². The highest BCUT2D eigenvalue weighted by Gasteiger charge is 2.12. The van der Waals surface area contributed by atoms with Gasteiger partial charge < -0.3 is 16.0 Å². The molecular formula is C19H22ClN5O. The highest BCUT2D eigenvalue weighted by atomic mass is 35.5. The number of halogens is 1. The minimum Gasteiger partial charge on any atom is -0.374 e. The second kappa shape index (κ2) is 9.12. The van der Waals surface area contributed by atoms with E-state index < -0.39 is 0 Å². The zero-order valence-corrected chi connectivity index (χ0v) is 15.4. The van der Waals surface area contributed by atoms with Crippen molar-refractivity contribution in [3.8, 4) is 0 Å². The molecule has 3 rings (SSSR count). The van der Waals surface area contributed by atoms with Gasteiger partial charge in [-0.1, -0.05) is 18.2 Å². The predicted molar refractivity (Wildman–Crippen MR) is 108 cm³/mol. The van der Waals surface area contributed by atoms with Crippen molar-refractivity contribution in [3.05, 3.63) is 60.6 Å². The van der Waals surface area contributed by atoms with Crippen molar-refractivity contribution < 1.29 is 4.79 Å². The molecule has 0 spiro atoms. The number of amides is 1. The first-order valence-corrected chi connectivity index (χ1v) is 8.22. The fraction of sp³-hybridized carbons (Fsp3) is 0.211. The van der Waals surface area contributed by atoms with Crippen LogP contribution < -0.4 is 16.0 Å². The van der Waals surface area contributed by atoms with E-state index in [0.29, 0.717) is 17.9 Å². The first kappa shape index (κ1) is 19.6. The Hall–Kier alpha value is -2.70. The number of anilines is 2. The molecule has 6 nitrogen and oxygen atoms in total. The molecule has 0 bridgehead atoms. The fourth-order valence-electron chi connectivity index (χ4n) is 2.73. The van der Waals surface area contributed by atoms with E-state index in [4.69, 9.17) is 5.73 Å². The van der Waals surface area contributed by atoms with E-state index in [-0.39, 0.29) is 18.3 Å². The number of aromatic nitrogens is 2. The maximum absolute atomic E-state index is 12.4. The summed E-state index contributed by atoms with van der Waals surface area (Å²) in [5.74, 6) is -0.253. The lowest BCUT2D eigenvalue weighted by Crippen LogP contribution is -2.21. The Kier molecular flexibility index (Phi) is 6.89. The summed E-state index contributed by atoms with van der Waals surface area (Å²) < 4.78 is 0. The Morgan fingerprint density at radius 3 is 2.69 bits per heavy atom. The Morgan fingerprint density at radius 2 is 1.96 bits per heavy atom. The summed E-state index contributed by atoms with van der Waals surface area (Å²) in [6.07, 6.45) is 4.27. The lowest BCUT2D eigenvalue weighted by Gasteiger charge is -2.21. The van der Waals surface area contributed by atoms with E-state index in [1.54, 1.807) is 30.6 Å². The topological polar surface area (TPSA) is 84.1 Å². The lowest BCUT2D eigenvalue weighted by molar-refractivity contribution is 0.102. The molecule has 0 unspecified atom stereocenters. The number of nitrogens with zero attached hydrogens (tertiary/aromatic N) is 3. The summed E-state index contributed by atoms with van der Waals surface area (Å²) >= 11 is 0. The Labute approximate surface area is 158 Å². The van der Waals surface area contributed by atoms with Crippen LogP contribution in [0.4, 0.5) is 11.4 Å². The molecule has 0 aliphatic heterocycles. The highest BCUT2D eigenvalue weighted by molar-refractivity contribution is 6.08. The molecule has 0 aliphatic rings. The van der Waals surface area contributed by atoms with Crippen molar-refractivity contribution in [2.24, 2.45) is 5.73 Å². The van der Waals surface area contributed by atoms with Gasteiger partial charge in [0.25, 0.3) is 5.91 Å². The van der Waals surface area contributed by atoms with Crippen LogP contribution in [0.1, 0.15) is 16.9 Å². The third-order valence-corrected chi connectivity index (χ3v) is 4.00. The molecule has 0 saturated carbocycles. The number of pyridine rings is 2. The average molecular weight is 372 g/mol. The number of nitrogens with one attached hydrogen (secondary N) is 1. The lowest BCUT2D eigenvalue weighted by atomic mass is 10.1. The molecule has 0 aliphatic carbocycles. The summed E-state index contributed by atoms with van der Waals surface area (Å²) in [7, 11) is 2.03. The maximum Gasteiger partial charge on any atom is 0.274 e. The highest BCUT2D eigenvalue weighted by Crippen LogP contribution is 2.29.